The zero-order valence-electron chi connectivity index (χ0n) is 16.1. The van der Waals surface area contributed by atoms with E-state index in [9.17, 15) is 9.59 Å². The van der Waals surface area contributed by atoms with E-state index < -0.39 is 0 Å². The van der Waals surface area contributed by atoms with Crippen LogP contribution in [0.15, 0.2) is 78.5 Å². The Bertz CT molecular complexity index is 1150. The van der Waals surface area contributed by atoms with Crippen LogP contribution in [0.3, 0.4) is 0 Å². The van der Waals surface area contributed by atoms with Crippen LogP contribution in [0, 0.1) is 13.8 Å². The van der Waals surface area contributed by atoms with Gasteiger partial charge >= 0.3 is 0 Å². The standard InChI is InChI=1S/C24H19ClN2O2/c1-15-6-5-8-19(14-15)27-23(28)21(17-10-12-18(25)13-11-17)22(24(27)29)26-20-9-4-3-7-16(20)2/h3-14,26H,1-2H3. The number of rotatable bonds is 4. The highest BCUT2D eigenvalue weighted by Gasteiger charge is 2.40. The van der Waals surface area contributed by atoms with Gasteiger partial charge in [-0.2, -0.15) is 0 Å². The lowest BCUT2D eigenvalue weighted by Gasteiger charge is -2.16. The Morgan fingerprint density at radius 1 is 0.828 bits per heavy atom. The topological polar surface area (TPSA) is 49.4 Å². The first-order chi connectivity index (χ1) is 14.0. The highest BCUT2D eigenvalue weighted by atomic mass is 35.5. The van der Waals surface area contributed by atoms with E-state index in [-0.39, 0.29) is 17.5 Å². The average Bonchev–Trinajstić information content (AvgIpc) is 2.94. The molecule has 0 aromatic heterocycles. The van der Waals surface area contributed by atoms with E-state index in [0.717, 1.165) is 16.8 Å². The summed E-state index contributed by atoms with van der Waals surface area (Å²) in [5.41, 5.74) is 4.50. The van der Waals surface area contributed by atoms with Crippen molar-refractivity contribution in [2.75, 3.05) is 10.2 Å². The predicted octanol–water partition coefficient (Wildman–Crippen LogP) is 5.35. The second kappa shape index (κ2) is 7.57. The van der Waals surface area contributed by atoms with Gasteiger partial charge in [0.25, 0.3) is 11.8 Å². The molecule has 4 nitrogen and oxygen atoms in total. The molecule has 0 bridgehead atoms. The number of para-hydroxylation sites is 1. The molecular formula is C24H19ClN2O2. The number of carbonyl (C=O) groups excluding carboxylic acids is 2. The van der Waals surface area contributed by atoms with Crippen molar-refractivity contribution in [2.45, 2.75) is 13.8 Å². The van der Waals surface area contributed by atoms with Gasteiger partial charge in [0.15, 0.2) is 0 Å². The third kappa shape index (κ3) is 3.55. The summed E-state index contributed by atoms with van der Waals surface area (Å²) >= 11 is 6.02. The molecule has 0 saturated heterocycles. The van der Waals surface area contributed by atoms with Gasteiger partial charge < -0.3 is 5.32 Å². The first-order valence-electron chi connectivity index (χ1n) is 9.24. The van der Waals surface area contributed by atoms with E-state index in [1.54, 1.807) is 30.3 Å². The Balaban J connectivity index is 1.85. The molecular weight excluding hydrogens is 384 g/mol. The van der Waals surface area contributed by atoms with Gasteiger partial charge in [-0.1, -0.05) is 54.1 Å². The van der Waals surface area contributed by atoms with E-state index >= 15 is 0 Å². The van der Waals surface area contributed by atoms with Crippen molar-refractivity contribution in [3.63, 3.8) is 0 Å². The summed E-state index contributed by atoms with van der Waals surface area (Å²) in [6, 6.07) is 21.9. The van der Waals surface area contributed by atoms with E-state index in [2.05, 4.69) is 5.32 Å². The van der Waals surface area contributed by atoms with Crippen LogP contribution in [0.2, 0.25) is 5.02 Å². The molecule has 0 atom stereocenters. The molecule has 0 radical (unpaired) electrons. The molecule has 2 amide bonds. The second-order valence-corrected chi connectivity index (χ2v) is 7.42. The second-order valence-electron chi connectivity index (χ2n) is 6.98. The summed E-state index contributed by atoms with van der Waals surface area (Å²) in [5.74, 6) is -0.743. The fourth-order valence-corrected chi connectivity index (χ4v) is 3.51. The van der Waals surface area contributed by atoms with Crippen molar-refractivity contribution in [3.05, 3.63) is 100 Å². The van der Waals surface area contributed by atoms with Crippen molar-refractivity contribution in [1.82, 2.24) is 0 Å². The quantitative estimate of drug-likeness (QED) is 0.598. The zero-order valence-corrected chi connectivity index (χ0v) is 16.8. The third-order valence-electron chi connectivity index (χ3n) is 4.88. The van der Waals surface area contributed by atoms with Crippen molar-refractivity contribution >= 4 is 40.4 Å². The number of nitrogens with zero attached hydrogens (tertiary/aromatic N) is 1. The Kier molecular flexibility index (Phi) is 4.95. The number of halogens is 1. The van der Waals surface area contributed by atoms with Crippen molar-refractivity contribution < 1.29 is 9.59 Å². The first-order valence-corrected chi connectivity index (χ1v) is 9.62. The van der Waals surface area contributed by atoms with Gasteiger partial charge in [0, 0.05) is 10.7 Å². The van der Waals surface area contributed by atoms with Gasteiger partial charge in [-0.05, 0) is 60.9 Å². The Labute approximate surface area is 174 Å². The van der Waals surface area contributed by atoms with Crippen LogP contribution in [0.1, 0.15) is 16.7 Å². The molecule has 1 heterocycles. The third-order valence-corrected chi connectivity index (χ3v) is 5.13. The summed E-state index contributed by atoms with van der Waals surface area (Å²) in [7, 11) is 0. The first kappa shape index (κ1) is 19.0. The zero-order chi connectivity index (χ0) is 20.5. The monoisotopic (exact) mass is 402 g/mol. The molecule has 3 aromatic carbocycles. The van der Waals surface area contributed by atoms with Crippen molar-refractivity contribution in [1.29, 1.82) is 0 Å². The van der Waals surface area contributed by atoms with Crippen LogP contribution in [-0.4, -0.2) is 11.8 Å². The fourth-order valence-electron chi connectivity index (χ4n) is 3.38. The minimum atomic E-state index is -0.381. The van der Waals surface area contributed by atoms with Gasteiger partial charge in [0.1, 0.15) is 5.70 Å². The number of hydrogen-bond acceptors (Lipinski definition) is 3. The predicted molar refractivity (Wildman–Crippen MR) is 117 cm³/mol. The maximum absolute atomic E-state index is 13.4. The average molecular weight is 403 g/mol. The van der Waals surface area contributed by atoms with E-state index in [1.165, 1.54) is 4.90 Å². The Morgan fingerprint density at radius 2 is 1.55 bits per heavy atom. The van der Waals surface area contributed by atoms with Crippen molar-refractivity contribution in [3.8, 4) is 0 Å². The molecule has 0 spiro atoms. The molecule has 4 rings (SSSR count). The molecule has 144 valence electrons. The highest BCUT2D eigenvalue weighted by Crippen LogP contribution is 2.34. The summed E-state index contributed by atoms with van der Waals surface area (Å²) < 4.78 is 0. The molecule has 0 unspecified atom stereocenters. The molecule has 29 heavy (non-hydrogen) atoms. The minimum absolute atomic E-state index is 0.258. The molecule has 0 fully saturated rings. The van der Waals surface area contributed by atoms with Crippen LogP contribution in [0.5, 0.6) is 0 Å². The van der Waals surface area contributed by atoms with Gasteiger partial charge in [-0.3, -0.25) is 9.59 Å². The lowest BCUT2D eigenvalue weighted by Crippen LogP contribution is -2.32. The molecule has 0 aliphatic carbocycles. The van der Waals surface area contributed by atoms with Crippen molar-refractivity contribution in [2.24, 2.45) is 0 Å². The molecule has 1 N–H and O–H groups in total. The molecule has 5 heteroatoms. The lowest BCUT2D eigenvalue weighted by atomic mass is 10.0. The van der Waals surface area contributed by atoms with Gasteiger partial charge in [0.2, 0.25) is 0 Å². The van der Waals surface area contributed by atoms with E-state index in [4.69, 9.17) is 11.6 Å². The van der Waals surface area contributed by atoms with Crippen LogP contribution in [0.4, 0.5) is 11.4 Å². The fraction of sp³-hybridized carbons (Fsp3) is 0.0833. The SMILES string of the molecule is Cc1cccc(N2C(=O)C(Nc3ccccc3C)=C(c3ccc(Cl)cc3)C2=O)c1. The summed E-state index contributed by atoms with van der Waals surface area (Å²) in [4.78, 5) is 27.9. The summed E-state index contributed by atoms with van der Waals surface area (Å²) in [6.07, 6.45) is 0. The van der Waals surface area contributed by atoms with E-state index in [0.29, 0.717) is 21.8 Å². The van der Waals surface area contributed by atoms with Crippen LogP contribution < -0.4 is 10.2 Å². The van der Waals surface area contributed by atoms with E-state index in [1.807, 2.05) is 56.3 Å². The van der Waals surface area contributed by atoms with Crippen LogP contribution in [-0.2, 0) is 9.59 Å². The number of aryl methyl sites for hydroxylation is 2. The maximum Gasteiger partial charge on any atom is 0.282 e. The van der Waals surface area contributed by atoms with Gasteiger partial charge in [-0.15, -0.1) is 0 Å². The molecule has 1 aliphatic rings. The molecule has 0 saturated carbocycles. The minimum Gasteiger partial charge on any atom is -0.350 e. The molecule has 3 aromatic rings. The highest BCUT2D eigenvalue weighted by molar-refractivity contribution is 6.46. The number of carbonyl (C=O) groups is 2. The smallest absolute Gasteiger partial charge is 0.282 e. The number of imide groups is 1. The van der Waals surface area contributed by atoms with Gasteiger partial charge in [-0.25, -0.2) is 4.90 Å². The summed E-state index contributed by atoms with van der Waals surface area (Å²) in [5, 5.41) is 3.77. The van der Waals surface area contributed by atoms with Crippen LogP contribution in [0.25, 0.3) is 5.57 Å². The number of benzene rings is 3. The maximum atomic E-state index is 13.4. The normalized spacial score (nSPS) is 14.0. The largest absolute Gasteiger partial charge is 0.350 e. The van der Waals surface area contributed by atoms with Crippen LogP contribution >= 0.6 is 11.6 Å². The Hall–Kier alpha value is -3.37. The summed E-state index contributed by atoms with van der Waals surface area (Å²) in [6.45, 7) is 3.87. The number of amides is 2. The number of anilines is 2. The number of hydrogen-bond donors (Lipinski definition) is 1. The molecule has 1 aliphatic heterocycles. The lowest BCUT2D eigenvalue weighted by molar-refractivity contribution is -0.120. The number of nitrogens with one attached hydrogen (secondary N) is 1. The van der Waals surface area contributed by atoms with Gasteiger partial charge in [0.05, 0.1) is 11.3 Å². The Morgan fingerprint density at radius 3 is 2.24 bits per heavy atom.